The lowest BCUT2D eigenvalue weighted by molar-refractivity contribution is 0.427. The van der Waals surface area contributed by atoms with Crippen LogP contribution in [0.4, 0.5) is 0 Å². The van der Waals surface area contributed by atoms with E-state index in [1.807, 2.05) is 6.92 Å². The van der Waals surface area contributed by atoms with Crippen molar-refractivity contribution in [3.8, 4) is 5.75 Å². The van der Waals surface area contributed by atoms with E-state index >= 15 is 0 Å². The minimum atomic E-state index is -0.0403. The molecule has 1 atom stereocenters. The zero-order valence-electron chi connectivity index (χ0n) is 14.1. The zero-order chi connectivity index (χ0) is 15.6. The first-order valence-corrected chi connectivity index (χ1v) is 8.41. The summed E-state index contributed by atoms with van der Waals surface area (Å²) in [6.45, 7) is 8.51. The van der Waals surface area contributed by atoms with Crippen molar-refractivity contribution in [3.63, 3.8) is 0 Å². The summed E-state index contributed by atoms with van der Waals surface area (Å²) in [7, 11) is 0. The van der Waals surface area contributed by atoms with E-state index in [-0.39, 0.29) is 11.5 Å². The van der Waals surface area contributed by atoms with Gasteiger partial charge in [0.15, 0.2) is 0 Å². The molecule has 0 amide bonds. The first-order valence-electron chi connectivity index (χ1n) is 8.41. The van der Waals surface area contributed by atoms with E-state index in [1.165, 1.54) is 37.7 Å². The number of hydrogen-bond acceptors (Lipinski definition) is 2. The monoisotopic (exact) mass is 289 g/mol. The summed E-state index contributed by atoms with van der Waals surface area (Å²) < 4.78 is 0. The van der Waals surface area contributed by atoms with Crippen molar-refractivity contribution < 1.29 is 5.11 Å². The summed E-state index contributed by atoms with van der Waals surface area (Å²) in [5.41, 5.74) is 9.44. The predicted molar refractivity (Wildman–Crippen MR) is 90.0 cm³/mol. The second-order valence-electron chi connectivity index (χ2n) is 7.84. The van der Waals surface area contributed by atoms with Gasteiger partial charge < -0.3 is 10.8 Å². The van der Waals surface area contributed by atoms with Gasteiger partial charge in [-0.1, -0.05) is 52.2 Å². The Labute approximate surface area is 129 Å². The van der Waals surface area contributed by atoms with Crippen LogP contribution in [0.1, 0.15) is 82.4 Å². The minimum Gasteiger partial charge on any atom is -0.507 e. The van der Waals surface area contributed by atoms with E-state index in [4.69, 9.17) is 5.73 Å². The van der Waals surface area contributed by atoms with Gasteiger partial charge in [-0.2, -0.15) is 0 Å². The van der Waals surface area contributed by atoms with Gasteiger partial charge in [0.25, 0.3) is 0 Å². The van der Waals surface area contributed by atoms with Crippen LogP contribution < -0.4 is 5.73 Å². The van der Waals surface area contributed by atoms with Crippen molar-refractivity contribution in [2.45, 2.75) is 83.6 Å². The van der Waals surface area contributed by atoms with Crippen LogP contribution in [0, 0.1) is 0 Å². The average Bonchev–Trinajstić information content (AvgIpc) is 2.40. The summed E-state index contributed by atoms with van der Waals surface area (Å²) in [6, 6.07) is 4.53. The van der Waals surface area contributed by atoms with Gasteiger partial charge in [0.1, 0.15) is 5.75 Å². The molecule has 1 unspecified atom stereocenters. The molecule has 0 aromatic heterocycles. The molecule has 0 radical (unpaired) electrons. The second-order valence-corrected chi connectivity index (χ2v) is 7.84. The van der Waals surface area contributed by atoms with E-state index in [2.05, 4.69) is 32.9 Å². The fourth-order valence-corrected chi connectivity index (χ4v) is 3.47. The number of rotatable bonds is 3. The van der Waals surface area contributed by atoms with Crippen molar-refractivity contribution in [2.75, 3.05) is 0 Å². The molecular formula is C19H31NO. The second kappa shape index (κ2) is 6.39. The van der Waals surface area contributed by atoms with Crippen LogP contribution in [0.3, 0.4) is 0 Å². The van der Waals surface area contributed by atoms with Crippen molar-refractivity contribution in [1.82, 2.24) is 0 Å². The van der Waals surface area contributed by atoms with Crippen LogP contribution in [-0.4, -0.2) is 11.1 Å². The molecule has 1 aliphatic rings. The van der Waals surface area contributed by atoms with Crippen molar-refractivity contribution in [2.24, 2.45) is 5.73 Å². The quantitative estimate of drug-likeness (QED) is 0.852. The van der Waals surface area contributed by atoms with Gasteiger partial charge in [-0.05, 0) is 54.2 Å². The lowest BCUT2D eigenvalue weighted by atomic mass is 9.78. The summed E-state index contributed by atoms with van der Waals surface area (Å²) in [5, 5.41) is 10.6. The van der Waals surface area contributed by atoms with Crippen LogP contribution in [0.5, 0.6) is 5.75 Å². The fourth-order valence-electron chi connectivity index (χ4n) is 3.47. The third kappa shape index (κ3) is 4.00. The Balaban J connectivity index is 2.45. The van der Waals surface area contributed by atoms with Crippen molar-refractivity contribution in [1.29, 1.82) is 0 Å². The Bertz CT molecular complexity index is 479. The minimum absolute atomic E-state index is 0.0403. The van der Waals surface area contributed by atoms with Crippen molar-refractivity contribution >= 4 is 0 Å². The molecule has 1 aromatic carbocycles. The number of phenolic OH excluding ortho intramolecular Hbond substituents is 1. The topological polar surface area (TPSA) is 46.2 Å². The molecule has 1 fully saturated rings. The third-order valence-electron chi connectivity index (χ3n) is 4.64. The number of benzene rings is 1. The average molecular weight is 289 g/mol. The lowest BCUT2D eigenvalue weighted by Gasteiger charge is -2.28. The number of aromatic hydroxyl groups is 1. The Hall–Kier alpha value is -1.02. The molecule has 0 bridgehead atoms. The molecule has 2 nitrogen and oxygen atoms in total. The van der Waals surface area contributed by atoms with Crippen LogP contribution in [-0.2, 0) is 11.8 Å². The SMILES string of the molecule is CC(N)Cc1cc(C2CCCCC2)cc(C(C)(C)C)c1O. The zero-order valence-corrected chi connectivity index (χ0v) is 14.1. The number of nitrogens with two attached hydrogens (primary N) is 1. The highest BCUT2D eigenvalue weighted by molar-refractivity contribution is 5.48. The standard InChI is InChI=1S/C19H31NO/c1-13(20)10-16-11-15(14-8-6-5-7-9-14)12-17(18(16)21)19(2,3)4/h11-14,21H,5-10,20H2,1-4H3. The summed E-state index contributed by atoms with van der Waals surface area (Å²) in [5.74, 6) is 1.12. The van der Waals surface area contributed by atoms with Crippen LogP contribution >= 0.6 is 0 Å². The van der Waals surface area contributed by atoms with E-state index in [1.54, 1.807) is 0 Å². The van der Waals surface area contributed by atoms with Crippen LogP contribution in [0.15, 0.2) is 12.1 Å². The maximum Gasteiger partial charge on any atom is 0.122 e. The fraction of sp³-hybridized carbons (Fsp3) is 0.684. The summed E-state index contributed by atoms with van der Waals surface area (Å²) in [4.78, 5) is 0. The molecule has 21 heavy (non-hydrogen) atoms. The van der Waals surface area contributed by atoms with E-state index < -0.39 is 0 Å². The first kappa shape index (κ1) is 16.4. The molecular weight excluding hydrogens is 258 g/mol. The Morgan fingerprint density at radius 2 is 1.81 bits per heavy atom. The van der Waals surface area contributed by atoms with Gasteiger partial charge in [0, 0.05) is 6.04 Å². The Kier molecular flexibility index (Phi) is 4.98. The van der Waals surface area contributed by atoms with Gasteiger partial charge >= 0.3 is 0 Å². The molecule has 3 N–H and O–H groups in total. The number of phenols is 1. The molecule has 0 spiro atoms. The lowest BCUT2D eigenvalue weighted by Crippen LogP contribution is -2.20. The number of hydrogen-bond donors (Lipinski definition) is 2. The van der Waals surface area contributed by atoms with Gasteiger partial charge in [0.2, 0.25) is 0 Å². The predicted octanol–water partition coefficient (Wildman–Crippen LogP) is 4.63. The highest BCUT2D eigenvalue weighted by Gasteiger charge is 2.24. The first-order chi connectivity index (χ1) is 9.79. The largest absolute Gasteiger partial charge is 0.507 e. The van der Waals surface area contributed by atoms with E-state index in [0.29, 0.717) is 11.7 Å². The van der Waals surface area contributed by atoms with E-state index in [0.717, 1.165) is 17.5 Å². The normalized spacial score (nSPS) is 18.7. The van der Waals surface area contributed by atoms with Crippen LogP contribution in [0.2, 0.25) is 0 Å². The van der Waals surface area contributed by atoms with E-state index in [9.17, 15) is 5.11 Å². The molecule has 1 aliphatic carbocycles. The Morgan fingerprint density at radius 3 is 2.33 bits per heavy atom. The molecule has 2 heteroatoms. The molecule has 1 saturated carbocycles. The van der Waals surface area contributed by atoms with Crippen LogP contribution in [0.25, 0.3) is 0 Å². The molecule has 0 heterocycles. The highest BCUT2D eigenvalue weighted by atomic mass is 16.3. The highest BCUT2D eigenvalue weighted by Crippen LogP contribution is 2.40. The maximum absolute atomic E-state index is 10.6. The molecule has 0 aliphatic heterocycles. The smallest absolute Gasteiger partial charge is 0.122 e. The van der Waals surface area contributed by atoms with Gasteiger partial charge in [-0.15, -0.1) is 0 Å². The molecule has 0 saturated heterocycles. The molecule has 118 valence electrons. The van der Waals surface area contributed by atoms with Gasteiger partial charge in [-0.3, -0.25) is 0 Å². The Morgan fingerprint density at radius 1 is 1.19 bits per heavy atom. The van der Waals surface area contributed by atoms with Crippen molar-refractivity contribution in [3.05, 3.63) is 28.8 Å². The van der Waals surface area contributed by atoms with Gasteiger partial charge in [0.05, 0.1) is 0 Å². The summed E-state index contributed by atoms with van der Waals surface area (Å²) in [6.07, 6.45) is 7.35. The van der Waals surface area contributed by atoms with Gasteiger partial charge in [-0.25, -0.2) is 0 Å². The molecule has 1 aromatic rings. The molecule has 2 rings (SSSR count). The summed E-state index contributed by atoms with van der Waals surface area (Å²) >= 11 is 0. The third-order valence-corrected chi connectivity index (χ3v) is 4.64. The maximum atomic E-state index is 10.6.